The molecule has 4 rings (SSSR count). The van der Waals surface area contributed by atoms with Crippen LogP contribution in [0, 0.1) is 18.3 Å². The van der Waals surface area contributed by atoms with Crippen molar-refractivity contribution in [1.29, 1.82) is 5.26 Å². The van der Waals surface area contributed by atoms with E-state index in [1.807, 2.05) is 19.1 Å². The summed E-state index contributed by atoms with van der Waals surface area (Å²) in [4.78, 5) is 18.9. The Kier molecular flexibility index (Phi) is 7.18. The van der Waals surface area contributed by atoms with Gasteiger partial charge in [0.2, 0.25) is 5.88 Å². The van der Waals surface area contributed by atoms with Crippen molar-refractivity contribution in [2.45, 2.75) is 32.4 Å². The summed E-state index contributed by atoms with van der Waals surface area (Å²) in [5.74, 6) is 1.76. The number of pyridine rings is 1. The van der Waals surface area contributed by atoms with Crippen molar-refractivity contribution >= 4 is 11.7 Å². The zero-order valence-electron chi connectivity index (χ0n) is 19.2. The van der Waals surface area contributed by atoms with Crippen LogP contribution < -0.4 is 19.7 Å². The number of anilines is 1. The van der Waals surface area contributed by atoms with Gasteiger partial charge in [0.25, 0.3) is 5.91 Å². The summed E-state index contributed by atoms with van der Waals surface area (Å²) in [5.41, 5.74) is 2.57. The third-order valence-electron chi connectivity index (χ3n) is 5.66. The highest BCUT2D eigenvalue weighted by Crippen LogP contribution is 2.24. The topological polar surface area (TPSA) is 113 Å². The number of hydrogen-bond donors (Lipinski definition) is 1. The number of benzene rings is 1. The van der Waals surface area contributed by atoms with E-state index in [0.29, 0.717) is 18.0 Å². The Hall–Kier alpha value is -4.19. The first-order chi connectivity index (χ1) is 16.6. The molecule has 1 amide bonds. The lowest BCUT2D eigenvalue weighted by atomic mass is 10.1. The number of rotatable bonds is 7. The normalized spacial score (nSPS) is 13.7. The molecule has 174 valence electrons. The van der Waals surface area contributed by atoms with Crippen molar-refractivity contribution in [3.63, 3.8) is 0 Å². The summed E-state index contributed by atoms with van der Waals surface area (Å²) in [7, 11) is 1.58. The quantitative estimate of drug-likeness (QED) is 0.575. The maximum absolute atomic E-state index is 12.5. The maximum atomic E-state index is 12.5. The number of aryl methyl sites for hydroxylation is 1. The molecule has 0 saturated carbocycles. The highest BCUT2D eigenvalue weighted by molar-refractivity contribution is 5.92. The number of nitrogens with zero attached hydrogens (tertiary/aromatic N) is 5. The number of carbonyl (C=O) groups is 1. The van der Waals surface area contributed by atoms with E-state index < -0.39 is 0 Å². The Bertz CT molecular complexity index is 1180. The SMILES string of the molecule is COc1ccc(OC2CCN(c3nnc(C(=O)NCc4cccc(C#N)c4)cc3C)CC2)cn1. The van der Waals surface area contributed by atoms with E-state index in [1.165, 1.54) is 0 Å². The van der Waals surface area contributed by atoms with Gasteiger partial charge in [-0.05, 0) is 42.3 Å². The second-order valence-corrected chi connectivity index (χ2v) is 8.07. The molecule has 1 N–H and O–H groups in total. The predicted molar refractivity (Wildman–Crippen MR) is 126 cm³/mol. The molecule has 3 aromatic rings. The van der Waals surface area contributed by atoms with Crippen LogP contribution in [0.15, 0.2) is 48.7 Å². The summed E-state index contributed by atoms with van der Waals surface area (Å²) < 4.78 is 11.1. The smallest absolute Gasteiger partial charge is 0.272 e. The van der Waals surface area contributed by atoms with Gasteiger partial charge in [-0.15, -0.1) is 10.2 Å². The van der Waals surface area contributed by atoms with Gasteiger partial charge in [-0.1, -0.05) is 12.1 Å². The minimum absolute atomic E-state index is 0.101. The molecule has 1 aromatic carbocycles. The predicted octanol–water partition coefficient (Wildman–Crippen LogP) is 3.04. The van der Waals surface area contributed by atoms with Gasteiger partial charge in [0.1, 0.15) is 11.9 Å². The minimum Gasteiger partial charge on any atom is -0.489 e. The van der Waals surface area contributed by atoms with Crippen LogP contribution >= 0.6 is 0 Å². The zero-order chi connectivity index (χ0) is 23.9. The lowest BCUT2D eigenvalue weighted by Gasteiger charge is -2.33. The van der Waals surface area contributed by atoms with E-state index in [1.54, 1.807) is 43.6 Å². The van der Waals surface area contributed by atoms with Gasteiger partial charge < -0.3 is 19.7 Å². The summed E-state index contributed by atoms with van der Waals surface area (Å²) >= 11 is 0. The van der Waals surface area contributed by atoms with E-state index in [4.69, 9.17) is 14.7 Å². The van der Waals surface area contributed by atoms with E-state index >= 15 is 0 Å². The number of carbonyl (C=O) groups excluding carboxylic acids is 1. The van der Waals surface area contributed by atoms with Crippen molar-refractivity contribution in [3.8, 4) is 17.7 Å². The standard InChI is InChI=1S/C25H26N6O3/c1-17-12-22(25(32)28-15-19-5-3-4-18(13-19)14-26)29-30-24(17)31-10-8-20(9-11-31)34-21-6-7-23(33-2)27-16-21/h3-7,12-13,16,20H,8-11,15H2,1-2H3,(H,28,32). The first kappa shape index (κ1) is 23.0. The number of amides is 1. The van der Waals surface area contributed by atoms with Gasteiger partial charge in [0.05, 0.1) is 24.9 Å². The fraction of sp³-hybridized carbons (Fsp3) is 0.320. The molecule has 0 atom stereocenters. The highest BCUT2D eigenvalue weighted by atomic mass is 16.5. The summed E-state index contributed by atoms with van der Waals surface area (Å²) in [6.45, 7) is 3.81. The molecular formula is C25H26N6O3. The average Bonchev–Trinajstić information content (AvgIpc) is 2.88. The van der Waals surface area contributed by atoms with Crippen LogP contribution in [-0.2, 0) is 6.54 Å². The van der Waals surface area contributed by atoms with Crippen molar-refractivity contribution in [2.75, 3.05) is 25.1 Å². The van der Waals surface area contributed by atoms with Gasteiger partial charge in [-0.25, -0.2) is 4.98 Å². The van der Waals surface area contributed by atoms with Crippen molar-refractivity contribution in [2.24, 2.45) is 0 Å². The minimum atomic E-state index is -0.301. The van der Waals surface area contributed by atoms with Crippen LogP contribution in [0.1, 0.15) is 40.0 Å². The van der Waals surface area contributed by atoms with Gasteiger partial charge in [0, 0.05) is 38.5 Å². The third kappa shape index (κ3) is 5.59. The lowest BCUT2D eigenvalue weighted by molar-refractivity contribution is 0.0945. The van der Waals surface area contributed by atoms with Crippen LogP contribution in [0.2, 0.25) is 0 Å². The van der Waals surface area contributed by atoms with Gasteiger partial charge in [-0.2, -0.15) is 5.26 Å². The number of ether oxygens (including phenoxy) is 2. The fourth-order valence-electron chi connectivity index (χ4n) is 3.86. The monoisotopic (exact) mass is 458 g/mol. The molecule has 3 heterocycles. The largest absolute Gasteiger partial charge is 0.489 e. The molecular weight excluding hydrogens is 432 g/mol. The molecule has 0 bridgehead atoms. The molecule has 0 radical (unpaired) electrons. The molecule has 0 unspecified atom stereocenters. The number of piperidine rings is 1. The van der Waals surface area contributed by atoms with Gasteiger partial charge in [0.15, 0.2) is 11.5 Å². The highest BCUT2D eigenvalue weighted by Gasteiger charge is 2.23. The van der Waals surface area contributed by atoms with E-state index in [-0.39, 0.29) is 17.7 Å². The van der Waals surface area contributed by atoms with E-state index in [0.717, 1.165) is 48.6 Å². The Balaban J connectivity index is 1.31. The van der Waals surface area contributed by atoms with Gasteiger partial charge >= 0.3 is 0 Å². The number of hydrogen-bond acceptors (Lipinski definition) is 8. The zero-order valence-corrected chi connectivity index (χ0v) is 19.2. The number of nitrogens with one attached hydrogen (secondary N) is 1. The first-order valence-electron chi connectivity index (χ1n) is 11.1. The lowest BCUT2D eigenvalue weighted by Crippen LogP contribution is -2.39. The molecule has 9 nitrogen and oxygen atoms in total. The Morgan fingerprint density at radius 2 is 2.03 bits per heavy atom. The van der Waals surface area contributed by atoms with E-state index in [2.05, 4.69) is 31.5 Å². The number of aromatic nitrogens is 3. The van der Waals surface area contributed by atoms with Crippen LogP contribution in [0.3, 0.4) is 0 Å². The molecule has 9 heteroatoms. The Labute approximate surface area is 198 Å². The first-order valence-corrected chi connectivity index (χ1v) is 11.1. The summed E-state index contributed by atoms with van der Waals surface area (Å²) in [6.07, 6.45) is 3.46. The van der Waals surface area contributed by atoms with Gasteiger partial charge in [-0.3, -0.25) is 4.79 Å². The average molecular weight is 459 g/mol. The second kappa shape index (κ2) is 10.6. The maximum Gasteiger partial charge on any atom is 0.272 e. The Morgan fingerprint density at radius 1 is 1.21 bits per heavy atom. The number of nitriles is 1. The molecule has 1 fully saturated rings. The van der Waals surface area contributed by atoms with Crippen LogP contribution in [0.25, 0.3) is 0 Å². The second-order valence-electron chi connectivity index (χ2n) is 8.07. The fourth-order valence-corrected chi connectivity index (χ4v) is 3.86. The summed E-state index contributed by atoms with van der Waals surface area (Å²) in [5, 5.41) is 20.3. The molecule has 1 aliphatic heterocycles. The molecule has 34 heavy (non-hydrogen) atoms. The van der Waals surface area contributed by atoms with E-state index in [9.17, 15) is 4.79 Å². The molecule has 0 aliphatic carbocycles. The third-order valence-corrected chi connectivity index (χ3v) is 5.66. The molecule has 2 aromatic heterocycles. The molecule has 1 saturated heterocycles. The molecule has 0 spiro atoms. The van der Waals surface area contributed by atoms with Crippen LogP contribution in [0.5, 0.6) is 11.6 Å². The van der Waals surface area contributed by atoms with Crippen LogP contribution in [0.4, 0.5) is 5.82 Å². The Morgan fingerprint density at radius 3 is 2.71 bits per heavy atom. The number of methoxy groups -OCH3 is 1. The van der Waals surface area contributed by atoms with Crippen molar-refractivity contribution < 1.29 is 14.3 Å². The molecule has 1 aliphatic rings. The van der Waals surface area contributed by atoms with Crippen molar-refractivity contribution in [3.05, 3.63) is 71.0 Å². The van der Waals surface area contributed by atoms with Crippen molar-refractivity contribution in [1.82, 2.24) is 20.5 Å². The summed E-state index contributed by atoms with van der Waals surface area (Å²) in [6, 6.07) is 14.6. The van der Waals surface area contributed by atoms with Crippen LogP contribution in [-0.4, -0.2) is 47.4 Å².